The fourth-order valence-electron chi connectivity index (χ4n) is 3.81. The van der Waals surface area contributed by atoms with Gasteiger partial charge in [0.1, 0.15) is 0 Å². The van der Waals surface area contributed by atoms with Gasteiger partial charge in [-0.1, -0.05) is 30.3 Å². The number of carbonyl (C=O) groups excluding carboxylic acids is 1. The van der Waals surface area contributed by atoms with Crippen molar-refractivity contribution < 1.29 is 14.3 Å². The van der Waals surface area contributed by atoms with Crippen LogP contribution < -0.4 is 10.6 Å². The fourth-order valence-corrected chi connectivity index (χ4v) is 3.81. The Balaban J connectivity index is 1.21. The summed E-state index contributed by atoms with van der Waals surface area (Å²) in [5.74, 6) is 0.112. The topological polar surface area (TPSA) is 59.6 Å². The van der Waals surface area contributed by atoms with Gasteiger partial charge in [-0.05, 0) is 24.8 Å². The normalized spacial score (nSPS) is 29.4. The summed E-state index contributed by atoms with van der Waals surface area (Å²) in [4.78, 5) is 12.2. The molecule has 0 unspecified atom stereocenters. The molecule has 3 aliphatic rings. The molecule has 5 heteroatoms. The highest BCUT2D eigenvalue weighted by atomic mass is 16.7. The first kappa shape index (κ1) is 15.0. The summed E-state index contributed by atoms with van der Waals surface area (Å²) in [5.41, 5.74) is 1.31. The lowest BCUT2D eigenvalue weighted by Gasteiger charge is -2.35. The van der Waals surface area contributed by atoms with Gasteiger partial charge in [0.05, 0.1) is 13.2 Å². The number of hydrogen-bond acceptors (Lipinski definition) is 3. The molecule has 1 aliphatic heterocycles. The molecule has 5 nitrogen and oxygen atoms in total. The van der Waals surface area contributed by atoms with Gasteiger partial charge in [0.25, 0.3) is 0 Å². The van der Waals surface area contributed by atoms with Crippen LogP contribution in [0.25, 0.3) is 0 Å². The van der Waals surface area contributed by atoms with Crippen LogP contribution in [0.1, 0.15) is 43.6 Å². The van der Waals surface area contributed by atoms with E-state index in [0.29, 0.717) is 19.1 Å². The van der Waals surface area contributed by atoms with Crippen LogP contribution in [0.4, 0.5) is 4.79 Å². The smallest absolute Gasteiger partial charge is 0.315 e. The molecule has 4 rings (SSSR count). The summed E-state index contributed by atoms with van der Waals surface area (Å²) in [7, 11) is 0. The Morgan fingerprint density at radius 3 is 2.43 bits per heavy atom. The monoisotopic (exact) mass is 316 g/mol. The molecule has 2 N–H and O–H groups in total. The zero-order valence-corrected chi connectivity index (χ0v) is 13.3. The number of hydrogen-bond donors (Lipinski definition) is 2. The minimum absolute atomic E-state index is 0.0392. The minimum atomic E-state index is -0.358. The van der Waals surface area contributed by atoms with Gasteiger partial charge in [0.15, 0.2) is 5.79 Å². The van der Waals surface area contributed by atoms with E-state index in [9.17, 15) is 4.79 Å². The molecule has 1 spiro atoms. The molecule has 3 fully saturated rings. The maximum atomic E-state index is 12.2. The summed E-state index contributed by atoms with van der Waals surface area (Å²) in [5, 5.41) is 6.21. The van der Waals surface area contributed by atoms with E-state index in [1.165, 1.54) is 5.56 Å². The first-order chi connectivity index (χ1) is 11.2. The van der Waals surface area contributed by atoms with Crippen molar-refractivity contribution in [3.63, 3.8) is 0 Å². The van der Waals surface area contributed by atoms with Crippen molar-refractivity contribution in [3.05, 3.63) is 35.9 Å². The summed E-state index contributed by atoms with van der Waals surface area (Å²) in [6.45, 7) is 1.39. The van der Waals surface area contributed by atoms with Crippen molar-refractivity contribution in [1.82, 2.24) is 10.6 Å². The molecule has 1 heterocycles. The molecule has 1 aromatic rings. The second kappa shape index (κ2) is 6.13. The molecule has 1 aromatic carbocycles. The first-order valence-corrected chi connectivity index (χ1v) is 8.64. The van der Waals surface area contributed by atoms with Crippen molar-refractivity contribution in [2.75, 3.05) is 13.2 Å². The highest BCUT2D eigenvalue weighted by molar-refractivity contribution is 5.75. The SMILES string of the molecule is O=C(NC1CCC2(CC1)OCCO2)N[C@@H]1C[C@@H]1c1ccccc1. The summed E-state index contributed by atoms with van der Waals surface area (Å²) in [6, 6.07) is 10.8. The van der Waals surface area contributed by atoms with E-state index in [4.69, 9.17) is 9.47 Å². The quantitative estimate of drug-likeness (QED) is 0.901. The molecule has 2 aliphatic carbocycles. The summed E-state index contributed by atoms with van der Waals surface area (Å²) in [6.07, 6.45) is 4.61. The van der Waals surface area contributed by atoms with Crippen LogP contribution in [0.3, 0.4) is 0 Å². The average Bonchev–Trinajstić information content (AvgIpc) is 3.19. The molecular formula is C18H24N2O3. The Kier molecular flexibility index (Phi) is 3.99. The number of urea groups is 1. The van der Waals surface area contributed by atoms with E-state index in [0.717, 1.165) is 32.1 Å². The summed E-state index contributed by atoms with van der Waals surface area (Å²) < 4.78 is 11.4. The molecular weight excluding hydrogens is 292 g/mol. The van der Waals surface area contributed by atoms with Gasteiger partial charge >= 0.3 is 6.03 Å². The Labute approximate surface area is 136 Å². The predicted molar refractivity (Wildman–Crippen MR) is 86.1 cm³/mol. The number of rotatable bonds is 3. The lowest BCUT2D eigenvalue weighted by molar-refractivity contribution is -0.179. The van der Waals surface area contributed by atoms with Gasteiger partial charge in [0.2, 0.25) is 0 Å². The van der Waals surface area contributed by atoms with Gasteiger partial charge < -0.3 is 20.1 Å². The number of ether oxygens (including phenoxy) is 2. The van der Waals surface area contributed by atoms with E-state index < -0.39 is 0 Å². The fraction of sp³-hybridized carbons (Fsp3) is 0.611. The molecule has 0 aromatic heterocycles. The zero-order chi connectivity index (χ0) is 15.7. The zero-order valence-electron chi connectivity index (χ0n) is 13.3. The second-order valence-electron chi connectivity index (χ2n) is 6.86. The molecule has 2 atom stereocenters. The second-order valence-corrected chi connectivity index (χ2v) is 6.86. The average molecular weight is 316 g/mol. The highest BCUT2D eigenvalue weighted by Gasteiger charge is 2.42. The van der Waals surface area contributed by atoms with Crippen molar-refractivity contribution >= 4 is 6.03 Å². The van der Waals surface area contributed by atoms with Crippen molar-refractivity contribution in [2.45, 2.75) is 55.9 Å². The van der Waals surface area contributed by atoms with Crippen LogP contribution in [-0.2, 0) is 9.47 Å². The van der Waals surface area contributed by atoms with Gasteiger partial charge in [0, 0.05) is 30.8 Å². The predicted octanol–water partition coefficient (Wildman–Crippen LogP) is 2.53. The maximum Gasteiger partial charge on any atom is 0.315 e. The molecule has 0 bridgehead atoms. The first-order valence-electron chi connectivity index (χ1n) is 8.64. The molecule has 0 radical (unpaired) electrons. The third-order valence-corrected chi connectivity index (χ3v) is 5.23. The maximum absolute atomic E-state index is 12.2. The largest absolute Gasteiger partial charge is 0.348 e. The number of benzene rings is 1. The van der Waals surface area contributed by atoms with E-state index in [2.05, 4.69) is 34.9 Å². The number of nitrogens with one attached hydrogen (secondary N) is 2. The Morgan fingerprint density at radius 1 is 1.04 bits per heavy atom. The van der Waals surface area contributed by atoms with E-state index in [-0.39, 0.29) is 23.9 Å². The van der Waals surface area contributed by atoms with Gasteiger partial charge in [-0.25, -0.2) is 4.79 Å². The molecule has 23 heavy (non-hydrogen) atoms. The van der Waals surface area contributed by atoms with E-state index in [1.807, 2.05) is 6.07 Å². The highest BCUT2D eigenvalue weighted by Crippen LogP contribution is 2.40. The van der Waals surface area contributed by atoms with Gasteiger partial charge in [-0.2, -0.15) is 0 Å². The third kappa shape index (κ3) is 3.35. The minimum Gasteiger partial charge on any atom is -0.348 e. The van der Waals surface area contributed by atoms with Crippen LogP contribution in [0.2, 0.25) is 0 Å². The lowest BCUT2D eigenvalue weighted by Crippen LogP contribution is -2.47. The van der Waals surface area contributed by atoms with Crippen LogP contribution >= 0.6 is 0 Å². The molecule has 1 saturated heterocycles. The Morgan fingerprint density at radius 2 is 1.74 bits per heavy atom. The van der Waals surface area contributed by atoms with Crippen LogP contribution in [0, 0.1) is 0 Å². The van der Waals surface area contributed by atoms with Gasteiger partial charge in [-0.3, -0.25) is 0 Å². The Bertz CT molecular complexity index is 547. The molecule has 2 amide bonds. The summed E-state index contributed by atoms with van der Waals surface area (Å²) >= 11 is 0. The molecule has 124 valence electrons. The van der Waals surface area contributed by atoms with Crippen LogP contribution in [0.15, 0.2) is 30.3 Å². The number of amides is 2. The lowest BCUT2D eigenvalue weighted by atomic mass is 9.90. The van der Waals surface area contributed by atoms with Crippen molar-refractivity contribution in [1.29, 1.82) is 0 Å². The van der Waals surface area contributed by atoms with Gasteiger partial charge in [-0.15, -0.1) is 0 Å². The van der Waals surface area contributed by atoms with E-state index in [1.54, 1.807) is 0 Å². The standard InChI is InChI=1S/C18H24N2O3/c21-17(20-16-12-15(16)13-4-2-1-3-5-13)19-14-6-8-18(9-7-14)22-10-11-23-18/h1-5,14-16H,6-12H2,(H2,19,20,21)/t15-,16-/m1/s1. The third-order valence-electron chi connectivity index (χ3n) is 5.23. The van der Waals surface area contributed by atoms with Crippen LogP contribution in [0.5, 0.6) is 0 Å². The molecule has 2 saturated carbocycles. The van der Waals surface area contributed by atoms with E-state index >= 15 is 0 Å². The van der Waals surface area contributed by atoms with Crippen molar-refractivity contribution in [2.24, 2.45) is 0 Å². The number of carbonyl (C=O) groups is 1. The van der Waals surface area contributed by atoms with Crippen LogP contribution in [-0.4, -0.2) is 37.1 Å². The Hall–Kier alpha value is -1.59. The van der Waals surface area contributed by atoms with Crippen molar-refractivity contribution in [3.8, 4) is 0 Å².